The summed E-state index contributed by atoms with van der Waals surface area (Å²) in [7, 11) is -4.94. The van der Waals surface area contributed by atoms with Gasteiger partial charge in [0, 0.05) is 21.5 Å². The molecule has 0 radical (unpaired) electrons. The van der Waals surface area contributed by atoms with Gasteiger partial charge in [-0.2, -0.15) is 0 Å². The van der Waals surface area contributed by atoms with E-state index in [1.54, 1.807) is 0 Å². The Bertz CT molecular complexity index is 785. The molecular weight excluding hydrogens is 316 g/mol. The highest BCUT2D eigenvalue weighted by atomic mass is 35.7. The van der Waals surface area contributed by atoms with Gasteiger partial charge in [0.2, 0.25) is 0 Å². The van der Waals surface area contributed by atoms with Crippen molar-refractivity contribution in [2.45, 2.75) is 20.8 Å². The van der Waals surface area contributed by atoms with E-state index in [0.717, 1.165) is 11.5 Å². The smallest absolute Gasteiger partial charge is 0.222 e. The second-order valence-corrected chi connectivity index (χ2v) is 6.44. The fourth-order valence-electron chi connectivity index (χ4n) is 2.16. The topological polar surface area (TPSA) is 104 Å². The minimum absolute atomic E-state index is 0.978. The van der Waals surface area contributed by atoms with E-state index in [4.69, 9.17) is 23.1 Å². The van der Waals surface area contributed by atoms with Crippen LogP contribution in [0.1, 0.15) is 17.1 Å². The van der Waals surface area contributed by atoms with Gasteiger partial charge in [0.25, 0.3) is 0 Å². The zero-order valence-corrected chi connectivity index (χ0v) is 13.2. The maximum absolute atomic E-state index is 8.49. The number of fused-ring (bicyclic) bond motifs is 3. The second kappa shape index (κ2) is 5.84. The molecule has 0 aliphatic carbocycles. The summed E-state index contributed by atoms with van der Waals surface area (Å²) >= 11 is 1.81. The Morgan fingerprint density at radius 3 is 2.19 bits per heavy atom. The lowest BCUT2D eigenvalue weighted by molar-refractivity contribution is -2.00. The van der Waals surface area contributed by atoms with Crippen molar-refractivity contribution in [3.8, 4) is 0 Å². The molecule has 5 nitrogen and oxygen atoms in total. The summed E-state index contributed by atoms with van der Waals surface area (Å²) in [6, 6.07) is 8.76. The fraction of sp³-hybridized carbons (Fsp3) is 0.214. The third-order valence-corrected chi connectivity index (χ3v) is 4.15. The Balaban J connectivity index is 0.000000282. The van der Waals surface area contributed by atoms with Crippen LogP contribution in [0.25, 0.3) is 20.2 Å². The first-order valence-electron chi connectivity index (χ1n) is 6.00. The number of hydrogen-bond donors (Lipinski definition) is 0. The van der Waals surface area contributed by atoms with Gasteiger partial charge in [-0.1, -0.05) is 11.6 Å². The lowest BCUT2D eigenvalue weighted by atomic mass is 10.1. The SMILES string of the molecule is Cc1ccc2sc3c(C)[o+]c(C)cc3c2c1.[O-][Cl+3]([O-])([O-])[O-]. The van der Waals surface area contributed by atoms with Gasteiger partial charge in [-0.15, -0.1) is 21.6 Å². The number of aryl methyl sites for hydroxylation is 3. The molecule has 2 aromatic heterocycles. The van der Waals surface area contributed by atoms with Gasteiger partial charge in [0.1, 0.15) is 4.70 Å². The molecule has 3 aromatic rings. The Kier molecular flexibility index (Phi) is 4.48. The molecule has 7 heteroatoms. The monoisotopic (exact) mass is 328 g/mol. The Labute approximate surface area is 127 Å². The minimum atomic E-state index is -4.94. The van der Waals surface area contributed by atoms with Crippen LogP contribution in [-0.2, 0) is 0 Å². The largest absolute Gasteiger partial charge is 0.344 e. The highest BCUT2D eigenvalue weighted by Gasteiger charge is 2.16. The van der Waals surface area contributed by atoms with Crippen molar-refractivity contribution in [1.82, 2.24) is 0 Å². The third kappa shape index (κ3) is 4.10. The van der Waals surface area contributed by atoms with Crippen LogP contribution >= 0.6 is 11.3 Å². The van der Waals surface area contributed by atoms with Gasteiger partial charge in [0.05, 0.1) is 13.8 Å². The van der Waals surface area contributed by atoms with Crippen LogP contribution in [0.2, 0.25) is 0 Å². The number of thiophene rings is 1. The summed E-state index contributed by atoms with van der Waals surface area (Å²) < 4.78 is 42.2. The van der Waals surface area contributed by atoms with Crippen molar-refractivity contribution < 1.29 is 33.3 Å². The molecule has 0 saturated carbocycles. The zero-order chi connectivity index (χ0) is 15.8. The van der Waals surface area contributed by atoms with Crippen LogP contribution in [0, 0.1) is 31.0 Å². The first-order valence-corrected chi connectivity index (χ1v) is 8.05. The molecule has 0 unspecified atom stereocenters. The lowest BCUT2D eigenvalue weighted by Gasteiger charge is -2.17. The van der Waals surface area contributed by atoms with Crippen LogP contribution < -0.4 is 18.6 Å². The normalized spacial score (nSPS) is 11.6. The quantitative estimate of drug-likeness (QED) is 0.544. The predicted octanol–water partition coefficient (Wildman–Crippen LogP) is 0.0979. The first-order chi connectivity index (χ1) is 9.65. The van der Waals surface area contributed by atoms with Crippen molar-refractivity contribution in [3.63, 3.8) is 0 Å². The zero-order valence-electron chi connectivity index (χ0n) is 11.6. The Morgan fingerprint density at radius 2 is 1.57 bits per heavy atom. The molecule has 0 N–H and O–H groups in total. The summed E-state index contributed by atoms with van der Waals surface area (Å²) in [5, 5.41) is 2.67. The fourth-order valence-corrected chi connectivity index (χ4v) is 3.25. The van der Waals surface area contributed by atoms with Crippen LogP contribution in [0.4, 0.5) is 0 Å². The molecule has 0 atom stereocenters. The van der Waals surface area contributed by atoms with E-state index < -0.39 is 10.2 Å². The van der Waals surface area contributed by atoms with E-state index in [-0.39, 0.29) is 0 Å². The average molecular weight is 329 g/mol. The maximum Gasteiger partial charge on any atom is 0.344 e. The molecule has 0 aliphatic rings. The summed E-state index contributed by atoms with van der Waals surface area (Å²) in [5.41, 5.74) is 1.31. The highest BCUT2D eigenvalue weighted by Crippen LogP contribution is 2.36. The van der Waals surface area contributed by atoms with E-state index in [1.807, 2.05) is 25.2 Å². The van der Waals surface area contributed by atoms with Crippen molar-refractivity contribution in [2.75, 3.05) is 0 Å². The molecule has 2 heterocycles. The van der Waals surface area contributed by atoms with Gasteiger partial charge in [-0.3, -0.25) is 0 Å². The highest BCUT2D eigenvalue weighted by molar-refractivity contribution is 7.26. The van der Waals surface area contributed by atoms with E-state index in [2.05, 4.69) is 31.2 Å². The van der Waals surface area contributed by atoms with Gasteiger partial charge in [-0.25, -0.2) is 23.1 Å². The standard InChI is InChI=1S/C14H13OS.ClHO4/c1-8-4-5-13-11(6-8)12-7-9(2)15-10(3)14(12)16-13;2-1(3,4)5/h4-7H,1-3H3;(H,2,3,4,5)/q+1;/p-1. The molecule has 112 valence electrons. The maximum atomic E-state index is 8.49. The molecule has 0 spiro atoms. The number of hydrogen-bond acceptors (Lipinski definition) is 5. The van der Waals surface area contributed by atoms with E-state index in [1.165, 1.54) is 25.7 Å². The molecule has 0 bridgehead atoms. The van der Waals surface area contributed by atoms with Gasteiger partial charge < -0.3 is 0 Å². The number of halogens is 1. The van der Waals surface area contributed by atoms with Crippen molar-refractivity contribution in [1.29, 1.82) is 0 Å². The molecule has 1 aromatic carbocycles. The molecule has 0 aliphatic heterocycles. The molecule has 0 saturated heterocycles. The van der Waals surface area contributed by atoms with E-state index in [9.17, 15) is 0 Å². The summed E-state index contributed by atoms with van der Waals surface area (Å²) in [5.74, 6) is 2.00. The Hall–Kier alpha value is -1.28. The predicted molar refractivity (Wildman–Crippen MR) is 70.2 cm³/mol. The lowest BCUT2D eigenvalue weighted by Crippen LogP contribution is -2.68. The number of rotatable bonds is 0. The first kappa shape index (κ1) is 16.1. The Morgan fingerprint density at radius 1 is 0.952 bits per heavy atom. The van der Waals surface area contributed by atoms with Crippen LogP contribution in [0.3, 0.4) is 0 Å². The van der Waals surface area contributed by atoms with Crippen molar-refractivity contribution in [2.24, 2.45) is 0 Å². The summed E-state index contributed by atoms with van der Waals surface area (Å²) in [6.07, 6.45) is 0. The average Bonchev–Trinajstić information content (AvgIpc) is 2.66. The van der Waals surface area contributed by atoms with Crippen molar-refractivity contribution in [3.05, 3.63) is 41.3 Å². The van der Waals surface area contributed by atoms with Gasteiger partial charge in [0.15, 0.2) is 0 Å². The van der Waals surface area contributed by atoms with Gasteiger partial charge >= 0.3 is 11.5 Å². The third-order valence-electron chi connectivity index (χ3n) is 2.86. The van der Waals surface area contributed by atoms with Crippen LogP contribution in [0.15, 0.2) is 28.7 Å². The molecule has 21 heavy (non-hydrogen) atoms. The number of benzene rings is 1. The molecular formula is C14H13ClO5S. The van der Waals surface area contributed by atoms with Crippen LogP contribution in [-0.4, -0.2) is 0 Å². The summed E-state index contributed by atoms with van der Waals surface area (Å²) in [4.78, 5) is 0. The summed E-state index contributed by atoms with van der Waals surface area (Å²) in [6.45, 7) is 6.18. The second-order valence-electron chi connectivity index (χ2n) is 4.64. The van der Waals surface area contributed by atoms with E-state index >= 15 is 0 Å². The van der Waals surface area contributed by atoms with Crippen molar-refractivity contribution >= 4 is 31.5 Å². The molecule has 0 amide bonds. The van der Waals surface area contributed by atoms with Crippen LogP contribution in [0.5, 0.6) is 0 Å². The molecule has 0 fully saturated rings. The molecule has 3 rings (SSSR count). The van der Waals surface area contributed by atoms with E-state index in [0.29, 0.717) is 0 Å². The van der Waals surface area contributed by atoms with Gasteiger partial charge in [-0.05, 0) is 19.1 Å². The minimum Gasteiger partial charge on any atom is -0.222 e.